The average Bonchev–Trinajstić information content (AvgIpc) is 2.05. The van der Waals surface area contributed by atoms with Gasteiger partial charge in [0.05, 0.1) is 0 Å². The highest BCUT2D eigenvalue weighted by atomic mass is 14.8. The van der Waals surface area contributed by atoms with E-state index >= 15 is 0 Å². The first-order valence-electron chi connectivity index (χ1n) is 4.77. The van der Waals surface area contributed by atoms with Crippen LogP contribution >= 0.6 is 0 Å². The third-order valence-electron chi connectivity index (χ3n) is 1.09. The molecule has 0 aliphatic heterocycles. The summed E-state index contributed by atoms with van der Waals surface area (Å²) in [5, 5.41) is 3.12. The lowest BCUT2D eigenvalue weighted by atomic mass is 10.2. The van der Waals surface area contributed by atoms with E-state index < -0.39 is 0 Å². The Labute approximate surface area is 77.6 Å². The Morgan fingerprint density at radius 1 is 1.42 bits per heavy atom. The van der Waals surface area contributed by atoms with Crippen molar-refractivity contribution in [1.82, 2.24) is 5.32 Å². The molecule has 0 amide bonds. The van der Waals surface area contributed by atoms with Crippen molar-refractivity contribution in [1.29, 1.82) is 0 Å². The fourth-order valence-corrected chi connectivity index (χ4v) is 0.595. The second-order valence-corrected chi connectivity index (χ2v) is 2.66. The first-order chi connectivity index (χ1) is 5.66. The highest BCUT2D eigenvalue weighted by molar-refractivity contribution is 5.12. The summed E-state index contributed by atoms with van der Waals surface area (Å²) in [5.41, 5.74) is 0.996. The van der Waals surface area contributed by atoms with Crippen LogP contribution < -0.4 is 5.32 Å². The predicted octanol–water partition coefficient (Wildman–Crippen LogP) is 3.35. The quantitative estimate of drug-likeness (QED) is 0.636. The van der Waals surface area contributed by atoms with Crippen LogP contribution in [0.4, 0.5) is 0 Å². The number of rotatable bonds is 4. The number of allylic oxidation sites excluding steroid dienone is 2. The van der Waals surface area contributed by atoms with Gasteiger partial charge in [0.15, 0.2) is 0 Å². The molecule has 0 unspecified atom stereocenters. The normalized spacial score (nSPS) is 9.50. The first kappa shape index (κ1) is 13.8. The largest absolute Gasteiger partial charge is 0.386 e. The van der Waals surface area contributed by atoms with Gasteiger partial charge in [0.2, 0.25) is 0 Å². The molecule has 0 spiro atoms. The van der Waals surface area contributed by atoms with Crippen LogP contribution in [0.15, 0.2) is 24.4 Å². The van der Waals surface area contributed by atoms with Crippen LogP contribution in [0.2, 0.25) is 0 Å². The number of hydrogen-bond acceptors (Lipinski definition) is 1. The van der Waals surface area contributed by atoms with Gasteiger partial charge in [-0.1, -0.05) is 40.3 Å². The first-order valence-corrected chi connectivity index (χ1v) is 4.77. The second-order valence-electron chi connectivity index (χ2n) is 2.66. The third-order valence-corrected chi connectivity index (χ3v) is 1.09. The summed E-state index contributed by atoms with van der Waals surface area (Å²) in [6, 6.07) is 0. The van der Waals surface area contributed by atoms with E-state index in [1.165, 1.54) is 0 Å². The molecule has 0 saturated heterocycles. The van der Waals surface area contributed by atoms with Gasteiger partial charge < -0.3 is 5.32 Å². The molecule has 1 heteroatoms. The minimum absolute atomic E-state index is 0.607. The Hall–Kier alpha value is -0.720. The topological polar surface area (TPSA) is 12.0 Å². The van der Waals surface area contributed by atoms with Crippen LogP contribution in [-0.4, -0.2) is 6.54 Å². The van der Waals surface area contributed by atoms with Gasteiger partial charge in [-0.3, -0.25) is 0 Å². The van der Waals surface area contributed by atoms with E-state index in [0.29, 0.717) is 5.92 Å². The summed E-state index contributed by atoms with van der Waals surface area (Å²) < 4.78 is 0. The van der Waals surface area contributed by atoms with Crippen molar-refractivity contribution >= 4 is 0 Å². The van der Waals surface area contributed by atoms with Crippen molar-refractivity contribution in [3.05, 3.63) is 24.4 Å². The lowest BCUT2D eigenvalue weighted by molar-refractivity contribution is 0.822. The molecular weight excluding hydrogens is 146 g/mol. The summed E-state index contributed by atoms with van der Waals surface area (Å²) in [6.45, 7) is 15.1. The van der Waals surface area contributed by atoms with Crippen LogP contribution in [0.1, 0.15) is 34.6 Å². The number of likely N-dealkylation sites (N-methyl/N-ethyl adjacent to an activating group) is 1. The van der Waals surface area contributed by atoms with E-state index in [9.17, 15) is 0 Å². The smallest absolute Gasteiger partial charge is 0.0263 e. The van der Waals surface area contributed by atoms with Gasteiger partial charge >= 0.3 is 0 Å². The second kappa shape index (κ2) is 10.3. The van der Waals surface area contributed by atoms with Crippen LogP contribution in [0.5, 0.6) is 0 Å². The lowest BCUT2D eigenvalue weighted by Gasteiger charge is -2.00. The molecule has 12 heavy (non-hydrogen) atoms. The molecule has 1 nitrogen and oxygen atoms in total. The van der Waals surface area contributed by atoms with Gasteiger partial charge in [-0.15, -0.1) is 0 Å². The minimum atomic E-state index is 0.607. The van der Waals surface area contributed by atoms with E-state index in [1.54, 1.807) is 0 Å². The fraction of sp³-hybridized carbons (Fsp3) is 0.636. The maximum absolute atomic E-state index is 3.82. The SMILES string of the molecule is C=C(/C=C/C(C)C)NCC.CC. The van der Waals surface area contributed by atoms with Crippen LogP contribution in [0.25, 0.3) is 0 Å². The average molecular weight is 169 g/mol. The Kier molecular flexibility index (Phi) is 11.9. The van der Waals surface area contributed by atoms with Gasteiger partial charge in [-0.2, -0.15) is 0 Å². The highest BCUT2D eigenvalue weighted by Crippen LogP contribution is 1.96. The highest BCUT2D eigenvalue weighted by Gasteiger charge is 1.84. The molecule has 72 valence electrons. The van der Waals surface area contributed by atoms with Gasteiger partial charge in [-0.25, -0.2) is 0 Å². The molecule has 0 atom stereocenters. The van der Waals surface area contributed by atoms with E-state index in [0.717, 1.165) is 12.2 Å². The summed E-state index contributed by atoms with van der Waals surface area (Å²) in [4.78, 5) is 0. The molecule has 0 bridgehead atoms. The monoisotopic (exact) mass is 169 g/mol. The maximum atomic E-state index is 3.82. The summed E-state index contributed by atoms with van der Waals surface area (Å²) in [6.07, 6.45) is 4.15. The minimum Gasteiger partial charge on any atom is -0.386 e. The standard InChI is InChI=1S/C9H17N.C2H6/c1-5-10-9(4)7-6-8(2)3;1-2/h6-8,10H,4-5H2,1-3H3;1-2H3/b7-6+;. The van der Waals surface area contributed by atoms with Crippen molar-refractivity contribution < 1.29 is 0 Å². The van der Waals surface area contributed by atoms with Crippen molar-refractivity contribution in [2.75, 3.05) is 6.54 Å². The van der Waals surface area contributed by atoms with E-state index in [2.05, 4.69) is 38.7 Å². The molecular formula is C11H23N. The van der Waals surface area contributed by atoms with E-state index in [-0.39, 0.29) is 0 Å². The zero-order valence-corrected chi connectivity index (χ0v) is 9.15. The molecule has 0 heterocycles. The van der Waals surface area contributed by atoms with Gasteiger partial charge in [0.1, 0.15) is 0 Å². The maximum Gasteiger partial charge on any atom is 0.0263 e. The molecule has 0 rings (SSSR count). The van der Waals surface area contributed by atoms with Crippen LogP contribution in [0.3, 0.4) is 0 Å². The van der Waals surface area contributed by atoms with Crippen molar-refractivity contribution in [2.24, 2.45) is 5.92 Å². The van der Waals surface area contributed by atoms with Crippen LogP contribution in [0, 0.1) is 5.92 Å². The van der Waals surface area contributed by atoms with Gasteiger partial charge in [0, 0.05) is 12.2 Å². The molecule has 0 radical (unpaired) electrons. The molecule has 0 aliphatic rings. The third kappa shape index (κ3) is 12.0. The Balaban J connectivity index is 0. The zero-order valence-electron chi connectivity index (χ0n) is 9.15. The molecule has 1 N–H and O–H groups in total. The van der Waals surface area contributed by atoms with E-state index in [1.807, 2.05) is 19.9 Å². The number of nitrogens with one attached hydrogen (secondary N) is 1. The van der Waals surface area contributed by atoms with Crippen molar-refractivity contribution in [3.8, 4) is 0 Å². The lowest BCUT2D eigenvalue weighted by Crippen LogP contribution is -2.08. The Morgan fingerprint density at radius 2 is 1.92 bits per heavy atom. The van der Waals surface area contributed by atoms with Crippen LogP contribution in [-0.2, 0) is 0 Å². The molecule has 0 saturated carbocycles. The summed E-state index contributed by atoms with van der Waals surface area (Å²) >= 11 is 0. The van der Waals surface area contributed by atoms with Crippen molar-refractivity contribution in [3.63, 3.8) is 0 Å². The van der Waals surface area contributed by atoms with Gasteiger partial charge in [-0.05, 0) is 18.9 Å². The predicted molar refractivity (Wildman–Crippen MR) is 58.1 cm³/mol. The Morgan fingerprint density at radius 3 is 2.25 bits per heavy atom. The molecule has 0 aliphatic carbocycles. The molecule has 0 aromatic heterocycles. The summed E-state index contributed by atoms with van der Waals surface area (Å²) in [5.74, 6) is 0.607. The fourth-order valence-electron chi connectivity index (χ4n) is 0.595. The molecule has 0 aromatic rings. The molecule has 0 aromatic carbocycles. The zero-order chi connectivity index (χ0) is 9.98. The van der Waals surface area contributed by atoms with E-state index in [4.69, 9.17) is 0 Å². The van der Waals surface area contributed by atoms with Gasteiger partial charge in [0.25, 0.3) is 0 Å². The summed E-state index contributed by atoms with van der Waals surface area (Å²) in [7, 11) is 0. The van der Waals surface area contributed by atoms with Crippen molar-refractivity contribution in [2.45, 2.75) is 34.6 Å². The Bertz CT molecular complexity index is 123. The number of hydrogen-bond donors (Lipinski definition) is 1. The molecule has 0 fully saturated rings.